The highest BCUT2D eigenvalue weighted by atomic mass is 32.2. The van der Waals surface area contributed by atoms with Gasteiger partial charge in [-0.25, -0.2) is 0 Å². The van der Waals surface area contributed by atoms with E-state index in [-0.39, 0.29) is 0 Å². The van der Waals surface area contributed by atoms with Gasteiger partial charge in [0.2, 0.25) is 0 Å². The third-order valence-electron chi connectivity index (χ3n) is 3.47. The van der Waals surface area contributed by atoms with Gasteiger partial charge in [-0.1, -0.05) is 13.3 Å². The van der Waals surface area contributed by atoms with E-state index in [4.69, 9.17) is 4.74 Å². The summed E-state index contributed by atoms with van der Waals surface area (Å²) >= 11 is 2.13. The van der Waals surface area contributed by atoms with Gasteiger partial charge < -0.3 is 10.1 Å². The highest BCUT2D eigenvalue weighted by Crippen LogP contribution is 2.40. The molecule has 88 valence electrons. The Kier molecular flexibility index (Phi) is 3.97. The molecular weight excluding hydrogens is 206 g/mol. The molecule has 2 nitrogen and oxygen atoms in total. The van der Waals surface area contributed by atoms with E-state index in [1.54, 1.807) is 0 Å². The highest BCUT2D eigenvalue weighted by molar-refractivity contribution is 8.00. The molecule has 1 N–H and O–H groups in total. The van der Waals surface area contributed by atoms with E-state index in [2.05, 4.69) is 30.9 Å². The maximum atomic E-state index is 5.83. The summed E-state index contributed by atoms with van der Waals surface area (Å²) in [6.07, 6.45) is 6.65. The maximum absolute atomic E-state index is 5.83. The Bertz CT molecular complexity index is 206. The van der Waals surface area contributed by atoms with Crippen molar-refractivity contribution in [2.24, 2.45) is 0 Å². The zero-order chi connectivity index (χ0) is 10.7. The first-order valence-corrected chi connectivity index (χ1v) is 7.26. The summed E-state index contributed by atoms with van der Waals surface area (Å²) in [4.78, 5) is 0.343. The number of nitrogens with one attached hydrogen (secondary N) is 1. The van der Waals surface area contributed by atoms with Crippen LogP contribution in [0.1, 0.15) is 46.0 Å². The van der Waals surface area contributed by atoms with E-state index >= 15 is 0 Å². The van der Waals surface area contributed by atoms with Crippen LogP contribution in [0.3, 0.4) is 0 Å². The quantitative estimate of drug-likeness (QED) is 0.787. The predicted octanol–water partition coefficient (Wildman–Crippen LogP) is 2.78. The van der Waals surface area contributed by atoms with Crippen molar-refractivity contribution in [3.8, 4) is 0 Å². The summed E-state index contributed by atoms with van der Waals surface area (Å²) in [6, 6.07) is 0.687. The number of hydrogen-bond acceptors (Lipinski definition) is 3. The van der Waals surface area contributed by atoms with E-state index in [9.17, 15) is 0 Å². The van der Waals surface area contributed by atoms with Crippen LogP contribution < -0.4 is 5.32 Å². The first kappa shape index (κ1) is 11.7. The molecule has 0 aromatic rings. The smallest absolute Gasteiger partial charge is 0.0694 e. The van der Waals surface area contributed by atoms with Crippen molar-refractivity contribution in [2.75, 3.05) is 12.4 Å². The van der Waals surface area contributed by atoms with Gasteiger partial charge in [-0.15, -0.1) is 11.8 Å². The van der Waals surface area contributed by atoms with Gasteiger partial charge in [0.25, 0.3) is 0 Å². The Morgan fingerprint density at radius 3 is 3.13 bits per heavy atom. The topological polar surface area (TPSA) is 21.3 Å². The summed E-state index contributed by atoms with van der Waals surface area (Å²) in [7, 11) is 0. The Morgan fingerprint density at radius 1 is 1.53 bits per heavy atom. The molecule has 2 fully saturated rings. The fourth-order valence-corrected chi connectivity index (χ4v) is 4.36. The summed E-state index contributed by atoms with van der Waals surface area (Å²) in [6.45, 7) is 5.50. The van der Waals surface area contributed by atoms with E-state index in [1.165, 1.54) is 37.9 Å². The standard InChI is InChI=1S/C12H23NOS/c1-3-4-11-9-12(6-7-14-11)13-10(2)5-8-15-12/h10-11,13H,3-9H2,1-2H3. The van der Waals surface area contributed by atoms with Gasteiger partial charge in [-0.05, 0) is 31.9 Å². The molecule has 2 rings (SSSR count). The van der Waals surface area contributed by atoms with Crippen LogP contribution in [0.15, 0.2) is 0 Å². The maximum Gasteiger partial charge on any atom is 0.0694 e. The van der Waals surface area contributed by atoms with Crippen LogP contribution in [0.4, 0.5) is 0 Å². The lowest BCUT2D eigenvalue weighted by molar-refractivity contribution is -0.0132. The third-order valence-corrected chi connectivity index (χ3v) is 4.95. The molecule has 3 unspecified atom stereocenters. The average Bonchev–Trinajstić information content (AvgIpc) is 2.17. The van der Waals surface area contributed by atoms with Crippen LogP contribution >= 0.6 is 11.8 Å². The van der Waals surface area contributed by atoms with Gasteiger partial charge in [-0.3, -0.25) is 0 Å². The molecule has 0 amide bonds. The lowest BCUT2D eigenvalue weighted by Crippen LogP contribution is -2.55. The zero-order valence-electron chi connectivity index (χ0n) is 9.92. The highest BCUT2D eigenvalue weighted by Gasteiger charge is 2.39. The van der Waals surface area contributed by atoms with E-state index in [1.807, 2.05) is 0 Å². The molecule has 0 aliphatic carbocycles. The fraction of sp³-hybridized carbons (Fsp3) is 1.00. The molecule has 0 aromatic heterocycles. The molecule has 0 radical (unpaired) electrons. The summed E-state index contributed by atoms with van der Waals surface area (Å²) in [5.74, 6) is 1.31. The monoisotopic (exact) mass is 229 g/mol. The molecule has 2 aliphatic heterocycles. The SMILES string of the molecule is CCCC1CC2(CCO1)NC(C)CCS2. The van der Waals surface area contributed by atoms with Crippen molar-refractivity contribution in [3.05, 3.63) is 0 Å². The van der Waals surface area contributed by atoms with Crippen molar-refractivity contribution in [3.63, 3.8) is 0 Å². The van der Waals surface area contributed by atoms with Gasteiger partial charge in [0.1, 0.15) is 0 Å². The fourth-order valence-electron chi connectivity index (χ4n) is 2.68. The van der Waals surface area contributed by atoms with Crippen LogP contribution in [0.2, 0.25) is 0 Å². The molecule has 1 spiro atoms. The summed E-state index contributed by atoms with van der Waals surface area (Å²) < 4.78 is 5.83. The number of ether oxygens (including phenoxy) is 1. The first-order chi connectivity index (χ1) is 7.24. The lowest BCUT2D eigenvalue weighted by Gasteiger charge is -2.45. The van der Waals surface area contributed by atoms with Crippen LogP contribution in [0.25, 0.3) is 0 Å². The van der Waals surface area contributed by atoms with Crippen molar-refractivity contribution >= 4 is 11.8 Å². The Hall–Kier alpha value is 0.270. The second kappa shape index (κ2) is 5.07. The van der Waals surface area contributed by atoms with Gasteiger partial charge in [0, 0.05) is 19.1 Å². The van der Waals surface area contributed by atoms with E-state index in [0.717, 1.165) is 6.61 Å². The van der Waals surface area contributed by atoms with Crippen LogP contribution in [0.5, 0.6) is 0 Å². The number of thioether (sulfide) groups is 1. The molecule has 15 heavy (non-hydrogen) atoms. The largest absolute Gasteiger partial charge is 0.378 e. The summed E-state index contributed by atoms with van der Waals surface area (Å²) in [5.41, 5.74) is 0. The van der Waals surface area contributed by atoms with Crippen molar-refractivity contribution < 1.29 is 4.74 Å². The van der Waals surface area contributed by atoms with Gasteiger partial charge in [0.15, 0.2) is 0 Å². The second-order valence-electron chi connectivity index (χ2n) is 4.91. The third kappa shape index (κ3) is 2.89. The number of hydrogen-bond donors (Lipinski definition) is 1. The van der Waals surface area contributed by atoms with E-state index < -0.39 is 0 Å². The van der Waals surface area contributed by atoms with Crippen molar-refractivity contribution in [1.29, 1.82) is 0 Å². The molecule has 0 saturated carbocycles. The first-order valence-electron chi connectivity index (χ1n) is 6.27. The van der Waals surface area contributed by atoms with Gasteiger partial charge >= 0.3 is 0 Å². The lowest BCUT2D eigenvalue weighted by atomic mass is 9.98. The molecule has 0 aromatic carbocycles. The van der Waals surface area contributed by atoms with Crippen LogP contribution in [-0.2, 0) is 4.74 Å². The van der Waals surface area contributed by atoms with Gasteiger partial charge in [-0.2, -0.15) is 0 Å². The molecular formula is C12H23NOS. The van der Waals surface area contributed by atoms with Crippen LogP contribution in [0, 0.1) is 0 Å². The van der Waals surface area contributed by atoms with Crippen molar-refractivity contribution in [1.82, 2.24) is 5.32 Å². The average molecular weight is 229 g/mol. The predicted molar refractivity (Wildman–Crippen MR) is 66.3 cm³/mol. The second-order valence-corrected chi connectivity index (χ2v) is 6.39. The Balaban J connectivity index is 1.94. The van der Waals surface area contributed by atoms with Crippen LogP contribution in [-0.4, -0.2) is 29.4 Å². The van der Waals surface area contributed by atoms with E-state index in [0.29, 0.717) is 17.0 Å². The van der Waals surface area contributed by atoms with Gasteiger partial charge in [0.05, 0.1) is 11.0 Å². The summed E-state index contributed by atoms with van der Waals surface area (Å²) in [5, 5.41) is 3.80. The zero-order valence-corrected chi connectivity index (χ0v) is 10.7. The molecule has 2 aliphatic rings. The minimum Gasteiger partial charge on any atom is -0.378 e. The van der Waals surface area contributed by atoms with Crippen molar-refractivity contribution in [2.45, 2.75) is 63.0 Å². The Morgan fingerprint density at radius 2 is 2.40 bits per heavy atom. The molecule has 3 atom stereocenters. The molecule has 3 heteroatoms. The minimum absolute atomic E-state index is 0.343. The number of rotatable bonds is 2. The molecule has 2 heterocycles. The normalized spacial score (nSPS) is 42.0. The molecule has 2 saturated heterocycles. The Labute approximate surface area is 97.5 Å². The molecule has 0 bridgehead atoms. The minimum atomic E-state index is 0.343.